The number of carbonyl (C=O) groups is 2. The lowest BCUT2D eigenvalue weighted by molar-refractivity contribution is 0.0140. The fourth-order valence-corrected chi connectivity index (χ4v) is 5.57. The van der Waals surface area contributed by atoms with Crippen molar-refractivity contribution in [3.8, 4) is 17.0 Å². The number of thiazole rings is 1. The second kappa shape index (κ2) is 12.1. The van der Waals surface area contributed by atoms with Crippen LogP contribution in [0.3, 0.4) is 0 Å². The summed E-state index contributed by atoms with van der Waals surface area (Å²) in [4.78, 5) is 37.7. The molecule has 4 rings (SSSR count). The summed E-state index contributed by atoms with van der Waals surface area (Å²) >= 11 is 1.43. The molecule has 2 aromatic heterocycles. The van der Waals surface area contributed by atoms with E-state index in [9.17, 15) is 18.0 Å². The summed E-state index contributed by atoms with van der Waals surface area (Å²) in [5, 5.41) is 7.97. The van der Waals surface area contributed by atoms with E-state index in [1.807, 2.05) is 40.0 Å². The van der Waals surface area contributed by atoms with E-state index in [0.717, 1.165) is 10.6 Å². The summed E-state index contributed by atoms with van der Waals surface area (Å²) in [5.41, 5.74) is 1.84. The summed E-state index contributed by atoms with van der Waals surface area (Å²) in [6.07, 6.45) is 1.49. The Morgan fingerprint density at radius 2 is 1.76 bits per heavy atom. The molecule has 1 fully saturated rings. The smallest absolute Gasteiger partial charge is 0.410 e. The van der Waals surface area contributed by atoms with Crippen LogP contribution in [-0.4, -0.2) is 78.1 Å². The first kappa shape index (κ1) is 30.4. The molecule has 2 N–H and O–H groups in total. The molecule has 11 nitrogen and oxygen atoms in total. The van der Waals surface area contributed by atoms with Crippen molar-refractivity contribution in [3.05, 3.63) is 58.2 Å². The number of sulfonamides is 1. The molecule has 3 aromatic rings. The highest BCUT2D eigenvalue weighted by Crippen LogP contribution is 2.29. The second-order valence-electron chi connectivity index (χ2n) is 11.0. The van der Waals surface area contributed by atoms with Crippen molar-refractivity contribution in [2.45, 2.75) is 57.6 Å². The molecular formula is C28H35N5O6S2. The third kappa shape index (κ3) is 8.02. The van der Waals surface area contributed by atoms with Gasteiger partial charge in [0.15, 0.2) is 0 Å². The number of carbonyl (C=O) groups excluding carboxylic acids is 2. The first-order valence-electron chi connectivity index (χ1n) is 13.2. The van der Waals surface area contributed by atoms with Crippen LogP contribution in [-0.2, 0) is 21.2 Å². The minimum atomic E-state index is -3.87. The number of primary sulfonamides is 1. The van der Waals surface area contributed by atoms with Crippen LogP contribution in [0.1, 0.15) is 55.7 Å². The van der Waals surface area contributed by atoms with Crippen LogP contribution in [0.2, 0.25) is 0 Å². The van der Waals surface area contributed by atoms with Gasteiger partial charge in [-0.25, -0.2) is 23.3 Å². The van der Waals surface area contributed by atoms with E-state index >= 15 is 0 Å². The van der Waals surface area contributed by atoms with Crippen LogP contribution in [0.15, 0.2) is 46.8 Å². The zero-order chi connectivity index (χ0) is 29.9. The standard InChI is InChI=1S/C28H35N5O6S2/c1-18(2)38-24-9-7-21(41(29,36)37)14-20(24)15-25-31-23(17-40-25)19-6-8-22(30-16-19)26(34)32-10-12-33(13-11-32)27(35)39-28(3,4)5/h6-9,14,16-18H,10-13,15H2,1-5H3,(H2,29,36,37). The molecule has 1 aromatic carbocycles. The lowest BCUT2D eigenvalue weighted by Gasteiger charge is -2.35. The Balaban J connectivity index is 1.42. The van der Waals surface area contributed by atoms with E-state index in [1.165, 1.54) is 23.5 Å². The number of piperazine rings is 1. The molecule has 0 saturated carbocycles. The number of hydrogen-bond acceptors (Lipinski definition) is 9. The zero-order valence-electron chi connectivity index (χ0n) is 23.8. The Morgan fingerprint density at radius 3 is 2.34 bits per heavy atom. The molecule has 1 saturated heterocycles. The van der Waals surface area contributed by atoms with Crippen LogP contribution < -0.4 is 9.88 Å². The number of hydrogen-bond donors (Lipinski definition) is 1. The molecule has 0 aliphatic carbocycles. The molecule has 0 spiro atoms. The van der Waals surface area contributed by atoms with Crippen LogP contribution >= 0.6 is 11.3 Å². The average molecular weight is 602 g/mol. The van der Waals surface area contributed by atoms with Gasteiger partial charge in [-0.1, -0.05) is 0 Å². The molecule has 220 valence electrons. The van der Waals surface area contributed by atoms with Gasteiger partial charge in [-0.15, -0.1) is 11.3 Å². The normalized spacial score (nSPS) is 14.3. The maximum absolute atomic E-state index is 13.0. The minimum absolute atomic E-state index is 0.0103. The van der Waals surface area contributed by atoms with Gasteiger partial charge in [0.05, 0.1) is 21.7 Å². The maximum Gasteiger partial charge on any atom is 0.410 e. The van der Waals surface area contributed by atoms with Gasteiger partial charge < -0.3 is 19.3 Å². The minimum Gasteiger partial charge on any atom is -0.491 e. The Labute approximate surface area is 244 Å². The molecule has 0 unspecified atom stereocenters. The Hall–Kier alpha value is -3.55. The van der Waals surface area contributed by atoms with Crippen molar-refractivity contribution in [2.24, 2.45) is 5.14 Å². The lowest BCUT2D eigenvalue weighted by atomic mass is 10.1. The first-order valence-corrected chi connectivity index (χ1v) is 15.6. The van der Waals surface area contributed by atoms with Gasteiger partial charge in [0, 0.05) is 55.3 Å². The predicted molar refractivity (Wildman–Crippen MR) is 155 cm³/mol. The predicted octanol–water partition coefficient (Wildman–Crippen LogP) is 3.92. The van der Waals surface area contributed by atoms with Crippen molar-refractivity contribution >= 4 is 33.4 Å². The Bertz CT molecular complexity index is 1510. The largest absolute Gasteiger partial charge is 0.491 e. The molecule has 1 aliphatic heterocycles. The maximum atomic E-state index is 13.0. The van der Waals surface area contributed by atoms with Gasteiger partial charge in [0.2, 0.25) is 10.0 Å². The zero-order valence-corrected chi connectivity index (χ0v) is 25.4. The van der Waals surface area contributed by atoms with Gasteiger partial charge in [-0.05, 0) is 65.0 Å². The fraction of sp³-hybridized carbons (Fsp3) is 0.429. The number of benzene rings is 1. The Morgan fingerprint density at radius 1 is 1.07 bits per heavy atom. The van der Waals surface area contributed by atoms with E-state index in [0.29, 0.717) is 55.3 Å². The molecule has 0 bridgehead atoms. The van der Waals surface area contributed by atoms with Gasteiger partial charge in [0.25, 0.3) is 5.91 Å². The monoisotopic (exact) mass is 601 g/mol. The van der Waals surface area contributed by atoms with E-state index in [1.54, 1.807) is 34.2 Å². The first-order chi connectivity index (χ1) is 19.2. The highest BCUT2D eigenvalue weighted by molar-refractivity contribution is 7.89. The number of pyridine rings is 1. The summed E-state index contributed by atoms with van der Waals surface area (Å²) in [5.74, 6) is 0.368. The molecule has 1 aliphatic rings. The molecule has 13 heteroatoms. The summed E-state index contributed by atoms with van der Waals surface area (Å²) in [6.45, 7) is 10.8. The summed E-state index contributed by atoms with van der Waals surface area (Å²) < 4.78 is 35.1. The number of aromatic nitrogens is 2. The number of nitrogens with two attached hydrogens (primary N) is 1. The highest BCUT2D eigenvalue weighted by Gasteiger charge is 2.28. The van der Waals surface area contributed by atoms with Gasteiger partial charge in [0.1, 0.15) is 17.0 Å². The molecule has 41 heavy (non-hydrogen) atoms. The van der Waals surface area contributed by atoms with E-state index in [2.05, 4.69) is 4.98 Å². The van der Waals surface area contributed by atoms with Gasteiger partial charge in [-0.2, -0.15) is 0 Å². The van der Waals surface area contributed by atoms with Crippen molar-refractivity contribution in [1.82, 2.24) is 19.8 Å². The number of nitrogens with zero attached hydrogens (tertiary/aromatic N) is 4. The number of ether oxygens (including phenoxy) is 2. The SMILES string of the molecule is CC(C)Oc1ccc(S(N)(=O)=O)cc1Cc1nc(-c2ccc(C(=O)N3CCN(C(=O)OC(C)(C)C)CC3)nc2)cs1. The molecular weight excluding hydrogens is 566 g/mol. The van der Waals surface area contributed by atoms with Crippen LogP contribution in [0.25, 0.3) is 11.3 Å². The fourth-order valence-electron chi connectivity index (χ4n) is 4.18. The molecule has 0 radical (unpaired) electrons. The third-order valence-electron chi connectivity index (χ3n) is 6.11. The molecule has 3 heterocycles. The van der Waals surface area contributed by atoms with Crippen molar-refractivity contribution in [1.29, 1.82) is 0 Å². The van der Waals surface area contributed by atoms with Crippen molar-refractivity contribution in [2.75, 3.05) is 26.2 Å². The van der Waals surface area contributed by atoms with E-state index in [-0.39, 0.29) is 23.0 Å². The highest BCUT2D eigenvalue weighted by atomic mass is 32.2. The van der Waals surface area contributed by atoms with Crippen LogP contribution in [0.5, 0.6) is 5.75 Å². The quantitative estimate of drug-likeness (QED) is 0.429. The van der Waals surface area contributed by atoms with Crippen molar-refractivity contribution in [3.63, 3.8) is 0 Å². The van der Waals surface area contributed by atoms with E-state index in [4.69, 9.17) is 19.6 Å². The molecule has 0 atom stereocenters. The van der Waals surface area contributed by atoms with Crippen LogP contribution in [0.4, 0.5) is 4.79 Å². The average Bonchev–Trinajstić information content (AvgIpc) is 3.36. The third-order valence-corrected chi connectivity index (χ3v) is 7.87. The van der Waals surface area contributed by atoms with Crippen molar-refractivity contribution < 1.29 is 27.5 Å². The van der Waals surface area contributed by atoms with Gasteiger partial charge >= 0.3 is 6.09 Å². The van der Waals surface area contributed by atoms with Gasteiger partial charge in [-0.3, -0.25) is 9.78 Å². The topological polar surface area (TPSA) is 145 Å². The summed E-state index contributed by atoms with van der Waals surface area (Å²) in [6, 6.07) is 8.02. The summed E-state index contributed by atoms with van der Waals surface area (Å²) in [7, 11) is -3.87. The van der Waals surface area contributed by atoms with Crippen LogP contribution in [0, 0.1) is 0 Å². The van der Waals surface area contributed by atoms with E-state index < -0.39 is 15.6 Å². The number of amides is 2. The lowest BCUT2D eigenvalue weighted by Crippen LogP contribution is -2.51. The molecule has 2 amide bonds. The number of rotatable bonds is 7. The Kier molecular flexibility index (Phi) is 9.00. The second-order valence-corrected chi connectivity index (χ2v) is 13.5.